The molecule has 0 aliphatic carbocycles. The van der Waals surface area contributed by atoms with E-state index in [0.717, 1.165) is 22.3 Å². The molecule has 1 fully saturated rings. The number of benzene rings is 4. The molecule has 0 radical (unpaired) electrons. The summed E-state index contributed by atoms with van der Waals surface area (Å²) in [6.07, 6.45) is -3.22. The Morgan fingerprint density at radius 1 is 0.450 bits per heavy atom. The van der Waals surface area contributed by atoms with E-state index in [1.807, 2.05) is 121 Å². The first-order valence-corrected chi connectivity index (χ1v) is 13.7. The fourth-order valence-corrected chi connectivity index (χ4v) is 4.78. The summed E-state index contributed by atoms with van der Waals surface area (Å²) >= 11 is 0. The predicted octanol–water partition coefficient (Wildman–Crippen LogP) is 5.68. The van der Waals surface area contributed by atoms with Crippen LogP contribution in [0.2, 0.25) is 0 Å². The molecule has 6 nitrogen and oxygen atoms in total. The molecule has 1 aliphatic heterocycles. The van der Waals surface area contributed by atoms with Gasteiger partial charge in [-0.1, -0.05) is 121 Å². The van der Waals surface area contributed by atoms with Crippen molar-refractivity contribution in [3.05, 3.63) is 144 Å². The molecule has 4 aromatic carbocycles. The molecule has 0 saturated carbocycles. The summed E-state index contributed by atoms with van der Waals surface area (Å²) in [4.78, 5) is 0. The second kappa shape index (κ2) is 14.9. The Morgan fingerprint density at radius 2 is 0.800 bits per heavy atom. The summed E-state index contributed by atoms with van der Waals surface area (Å²) in [5.74, 6) is 0. The van der Waals surface area contributed by atoms with Crippen molar-refractivity contribution >= 4 is 0 Å². The van der Waals surface area contributed by atoms with Gasteiger partial charge in [-0.15, -0.1) is 0 Å². The van der Waals surface area contributed by atoms with E-state index in [4.69, 9.17) is 23.7 Å². The Kier molecular flexibility index (Phi) is 10.5. The van der Waals surface area contributed by atoms with E-state index in [-0.39, 0.29) is 6.61 Å². The van der Waals surface area contributed by atoms with Gasteiger partial charge in [0.25, 0.3) is 0 Å². The van der Waals surface area contributed by atoms with Gasteiger partial charge in [0.2, 0.25) is 0 Å². The topological polar surface area (TPSA) is 66.4 Å². The van der Waals surface area contributed by atoms with Crippen molar-refractivity contribution in [1.82, 2.24) is 0 Å². The summed E-state index contributed by atoms with van der Waals surface area (Å²) in [7, 11) is 0. The lowest BCUT2D eigenvalue weighted by molar-refractivity contribution is -0.329. The number of aliphatic hydroxyl groups excluding tert-OH is 1. The number of hydrogen-bond acceptors (Lipinski definition) is 6. The molecule has 1 saturated heterocycles. The fraction of sp³-hybridized carbons (Fsp3) is 0.294. The van der Waals surface area contributed by atoms with E-state index < -0.39 is 30.7 Å². The fourth-order valence-electron chi connectivity index (χ4n) is 4.78. The molecule has 40 heavy (non-hydrogen) atoms. The van der Waals surface area contributed by atoms with Crippen LogP contribution in [-0.4, -0.2) is 42.4 Å². The average molecular weight is 541 g/mol. The Bertz CT molecular complexity index is 1240. The maximum atomic E-state index is 10.4. The number of hydrogen-bond donors (Lipinski definition) is 1. The maximum absolute atomic E-state index is 10.4. The van der Waals surface area contributed by atoms with Crippen molar-refractivity contribution in [3.63, 3.8) is 0 Å². The first kappa shape index (κ1) is 28.2. The van der Waals surface area contributed by atoms with Gasteiger partial charge in [-0.3, -0.25) is 0 Å². The van der Waals surface area contributed by atoms with Crippen LogP contribution in [0.25, 0.3) is 0 Å². The zero-order valence-electron chi connectivity index (χ0n) is 22.5. The average Bonchev–Trinajstić information content (AvgIpc) is 3.03. The van der Waals surface area contributed by atoms with E-state index in [2.05, 4.69) is 0 Å². The van der Waals surface area contributed by atoms with Crippen LogP contribution in [0.5, 0.6) is 0 Å². The smallest absolute Gasteiger partial charge is 0.187 e. The van der Waals surface area contributed by atoms with Crippen LogP contribution < -0.4 is 0 Å². The van der Waals surface area contributed by atoms with E-state index >= 15 is 0 Å². The molecular formula is C34H36O6. The summed E-state index contributed by atoms with van der Waals surface area (Å²) < 4.78 is 32.1. The van der Waals surface area contributed by atoms with Crippen LogP contribution in [0.15, 0.2) is 121 Å². The SMILES string of the molecule is OC[C@H]1O[C@H](OCc2ccccc2)[C@H](OCc2ccccc2)[C@@H](OCc2ccccc2)[C@@H]1OCc1ccccc1. The normalized spacial score (nSPS) is 22.7. The molecule has 1 aliphatic rings. The van der Waals surface area contributed by atoms with Crippen molar-refractivity contribution in [2.45, 2.75) is 57.1 Å². The van der Waals surface area contributed by atoms with Crippen LogP contribution in [0.3, 0.4) is 0 Å². The molecule has 0 aromatic heterocycles. The van der Waals surface area contributed by atoms with Crippen LogP contribution >= 0.6 is 0 Å². The van der Waals surface area contributed by atoms with Gasteiger partial charge in [-0.2, -0.15) is 0 Å². The van der Waals surface area contributed by atoms with Crippen LogP contribution in [0.1, 0.15) is 22.3 Å². The number of rotatable bonds is 13. The minimum Gasteiger partial charge on any atom is -0.394 e. The highest BCUT2D eigenvalue weighted by molar-refractivity contribution is 5.16. The predicted molar refractivity (Wildman–Crippen MR) is 152 cm³/mol. The summed E-state index contributed by atoms with van der Waals surface area (Å²) in [5.41, 5.74) is 4.08. The molecule has 5 rings (SSSR count). The van der Waals surface area contributed by atoms with Crippen LogP contribution in [0.4, 0.5) is 0 Å². The third kappa shape index (κ3) is 7.86. The van der Waals surface area contributed by atoms with Gasteiger partial charge in [0.1, 0.15) is 24.4 Å². The van der Waals surface area contributed by atoms with Crippen molar-refractivity contribution in [2.75, 3.05) is 6.61 Å². The van der Waals surface area contributed by atoms with Crippen molar-refractivity contribution in [3.8, 4) is 0 Å². The lowest BCUT2D eigenvalue weighted by atomic mass is 9.97. The van der Waals surface area contributed by atoms with Gasteiger partial charge in [0.15, 0.2) is 6.29 Å². The van der Waals surface area contributed by atoms with E-state index in [1.54, 1.807) is 0 Å². The first-order valence-electron chi connectivity index (χ1n) is 13.7. The standard InChI is InChI=1S/C34H36O6/c35-21-30-31(36-22-26-13-5-1-6-14-26)32(37-23-27-15-7-2-8-16-27)33(38-24-28-17-9-3-10-18-28)34(40-30)39-25-29-19-11-4-12-20-29/h1-20,30-35H,21-25H2/t30-,31-,32+,33-,34+/m1/s1. The zero-order valence-corrected chi connectivity index (χ0v) is 22.5. The largest absolute Gasteiger partial charge is 0.394 e. The monoisotopic (exact) mass is 540 g/mol. The maximum Gasteiger partial charge on any atom is 0.187 e. The third-order valence-corrected chi connectivity index (χ3v) is 6.88. The summed E-state index contributed by atoms with van der Waals surface area (Å²) in [5, 5.41) is 10.4. The number of ether oxygens (including phenoxy) is 5. The molecule has 208 valence electrons. The molecule has 4 aromatic rings. The van der Waals surface area contributed by atoms with Gasteiger partial charge in [0.05, 0.1) is 33.0 Å². The van der Waals surface area contributed by atoms with E-state index in [1.165, 1.54) is 0 Å². The Hall–Kier alpha value is -3.36. The Morgan fingerprint density at radius 3 is 1.20 bits per heavy atom. The van der Waals surface area contributed by atoms with Crippen molar-refractivity contribution in [2.24, 2.45) is 0 Å². The summed E-state index contributed by atoms with van der Waals surface area (Å²) in [6.45, 7) is 1.13. The minimum atomic E-state index is -0.779. The highest BCUT2D eigenvalue weighted by Crippen LogP contribution is 2.31. The Labute approximate surface area is 236 Å². The van der Waals surface area contributed by atoms with Gasteiger partial charge in [-0.05, 0) is 22.3 Å². The highest BCUT2D eigenvalue weighted by atomic mass is 16.7. The molecule has 5 atom stereocenters. The van der Waals surface area contributed by atoms with Crippen LogP contribution in [0, 0.1) is 0 Å². The zero-order chi connectivity index (χ0) is 27.4. The molecule has 1 N–H and O–H groups in total. The van der Waals surface area contributed by atoms with Gasteiger partial charge in [0, 0.05) is 0 Å². The highest BCUT2D eigenvalue weighted by Gasteiger charge is 2.48. The van der Waals surface area contributed by atoms with Gasteiger partial charge >= 0.3 is 0 Å². The molecule has 6 heteroatoms. The van der Waals surface area contributed by atoms with Crippen molar-refractivity contribution in [1.29, 1.82) is 0 Å². The molecule has 0 bridgehead atoms. The lowest BCUT2D eigenvalue weighted by Gasteiger charge is -2.45. The summed E-state index contributed by atoms with van der Waals surface area (Å²) in [6, 6.07) is 39.8. The second-order valence-corrected chi connectivity index (χ2v) is 9.81. The minimum absolute atomic E-state index is 0.249. The first-order chi connectivity index (χ1) is 19.8. The quantitative estimate of drug-likeness (QED) is 0.236. The molecule has 0 amide bonds. The van der Waals surface area contributed by atoms with Crippen molar-refractivity contribution < 1.29 is 28.8 Å². The lowest BCUT2D eigenvalue weighted by Crippen LogP contribution is -2.61. The molecular weight excluding hydrogens is 504 g/mol. The Balaban J connectivity index is 1.41. The van der Waals surface area contributed by atoms with Crippen LogP contribution in [-0.2, 0) is 50.1 Å². The molecule has 1 heterocycles. The molecule has 0 spiro atoms. The van der Waals surface area contributed by atoms with Gasteiger partial charge in [-0.25, -0.2) is 0 Å². The second-order valence-electron chi connectivity index (χ2n) is 9.81. The molecule has 0 unspecified atom stereocenters. The third-order valence-electron chi connectivity index (χ3n) is 6.88. The van der Waals surface area contributed by atoms with Gasteiger partial charge < -0.3 is 28.8 Å². The van der Waals surface area contributed by atoms with E-state index in [9.17, 15) is 5.11 Å². The van der Waals surface area contributed by atoms with E-state index in [0.29, 0.717) is 26.4 Å². The number of aliphatic hydroxyl groups is 1.